The minimum atomic E-state index is -3.18. The second-order valence-electron chi connectivity index (χ2n) is 10.6. The standard InChI is InChI=1S/C27H33N3O5S2/c1-17-11-18(2)13-20(12-17)30-22-15-37(33,34)16-23(22)36-25(30)29-24(31)21(14-19-9-7-6-8-10-19)28-26(32)35-27(3,4)5/h6-13,21-23H,14-16H2,1-5H3,(H,28,32)/t21-,22-,23-/m1/s1. The Kier molecular flexibility index (Phi) is 7.71. The van der Waals surface area contributed by atoms with Crippen molar-refractivity contribution in [3.8, 4) is 0 Å². The molecule has 37 heavy (non-hydrogen) atoms. The van der Waals surface area contributed by atoms with E-state index in [0.717, 1.165) is 22.4 Å². The highest BCUT2D eigenvalue weighted by molar-refractivity contribution is 8.16. The third kappa shape index (κ3) is 6.93. The Hall–Kier alpha value is -2.85. The quantitative estimate of drug-likeness (QED) is 0.607. The van der Waals surface area contributed by atoms with Crippen molar-refractivity contribution < 1.29 is 22.7 Å². The molecule has 1 N–H and O–H groups in total. The molecule has 2 aromatic rings. The maximum atomic E-state index is 13.5. The molecule has 10 heteroatoms. The molecule has 0 bridgehead atoms. The molecule has 2 aliphatic heterocycles. The number of ether oxygens (including phenoxy) is 1. The predicted octanol–water partition coefficient (Wildman–Crippen LogP) is 4.04. The average Bonchev–Trinajstić information content (AvgIpc) is 3.22. The summed E-state index contributed by atoms with van der Waals surface area (Å²) in [6, 6.07) is 14.1. The van der Waals surface area contributed by atoms with Crippen molar-refractivity contribution in [2.24, 2.45) is 4.99 Å². The number of thioether (sulfide) groups is 1. The van der Waals surface area contributed by atoms with Crippen LogP contribution in [0.15, 0.2) is 53.5 Å². The Labute approximate surface area is 222 Å². The van der Waals surface area contributed by atoms with Crippen LogP contribution in [0, 0.1) is 13.8 Å². The second-order valence-corrected chi connectivity index (χ2v) is 14.0. The number of carbonyl (C=O) groups excluding carboxylic acids is 2. The molecule has 0 aliphatic carbocycles. The van der Waals surface area contributed by atoms with Crippen LogP contribution < -0.4 is 10.2 Å². The first-order chi connectivity index (χ1) is 17.3. The van der Waals surface area contributed by atoms with Gasteiger partial charge in [0.05, 0.1) is 17.5 Å². The summed E-state index contributed by atoms with van der Waals surface area (Å²) in [4.78, 5) is 32.5. The van der Waals surface area contributed by atoms with Crippen molar-refractivity contribution in [2.75, 3.05) is 16.4 Å². The van der Waals surface area contributed by atoms with Gasteiger partial charge in [0.1, 0.15) is 11.6 Å². The molecule has 2 fully saturated rings. The van der Waals surface area contributed by atoms with E-state index in [0.29, 0.717) is 5.17 Å². The smallest absolute Gasteiger partial charge is 0.408 e. The molecule has 0 unspecified atom stereocenters. The van der Waals surface area contributed by atoms with Gasteiger partial charge in [-0.15, -0.1) is 0 Å². The van der Waals surface area contributed by atoms with E-state index in [9.17, 15) is 18.0 Å². The number of fused-ring (bicyclic) bond motifs is 1. The van der Waals surface area contributed by atoms with Gasteiger partial charge in [-0.05, 0) is 63.4 Å². The Morgan fingerprint density at radius 3 is 2.38 bits per heavy atom. The van der Waals surface area contributed by atoms with E-state index >= 15 is 0 Å². The first kappa shape index (κ1) is 27.2. The summed E-state index contributed by atoms with van der Waals surface area (Å²) >= 11 is 1.31. The number of rotatable bonds is 5. The minimum absolute atomic E-state index is 0.00840. The van der Waals surface area contributed by atoms with Crippen molar-refractivity contribution in [1.29, 1.82) is 0 Å². The largest absolute Gasteiger partial charge is 0.444 e. The van der Waals surface area contributed by atoms with Gasteiger partial charge in [0.2, 0.25) is 0 Å². The van der Waals surface area contributed by atoms with Crippen LogP contribution in [-0.4, -0.2) is 60.0 Å². The SMILES string of the molecule is Cc1cc(C)cc(N2C(=NC(=O)[C@@H](Cc3ccccc3)NC(=O)OC(C)(C)C)S[C@@H]3CS(=O)(=O)C[C@H]32)c1. The van der Waals surface area contributed by atoms with Crippen LogP contribution in [0.4, 0.5) is 10.5 Å². The number of hydrogen-bond acceptors (Lipinski definition) is 6. The average molecular weight is 544 g/mol. The third-order valence-corrected chi connectivity index (χ3v) is 9.24. The number of nitrogens with zero attached hydrogens (tertiary/aromatic N) is 2. The molecule has 2 saturated heterocycles. The van der Waals surface area contributed by atoms with Crippen LogP contribution in [0.3, 0.4) is 0 Å². The van der Waals surface area contributed by atoms with Crippen LogP contribution >= 0.6 is 11.8 Å². The zero-order valence-corrected chi connectivity index (χ0v) is 23.4. The summed E-state index contributed by atoms with van der Waals surface area (Å²) in [6.45, 7) is 9.22. The number of anilines is 1. The van der Waals surface area contributed by atoms with Crippen LogP contribution in [0.5, 0.6) is 0 Å². The number of amides is 2. The number of amidine groups is 1. The lowest BCUT2D eigenvalue weighted by Gasteiger charge is -2.26. The molecule has 198 valence electrons. The second kappa shape index (κ2) is 10.5. The summed E-state index contributed by atoms with van der Waals surface area (Å²) in [5, 5.41) is 2.92. The molecule has 0 spiro atoms. The number of benzene rings is 2. The van der Waals surface area contributed by atoms with Crippen molar-refractivity contribution in [3.63, 3.8) is 0 Å². The van der Waals surface area contributed by atoms with Gasteiger partial charge in [0.25, 0.3) is 5.91 Å². The summed E-state index contributed by atoms with van der Waals surface area (Å²) in [5.74, 6) is -0.469. The van der Waals surface area contributed by atoms with E-state index in [1.54, 1.807) is 20.8 Å². The molecule has 0 aromatic heterocycles. The van der Waals surface area contributed by atoms with Crippen molar-refractivity contribution >= 4 is 44.5 Å². The number of hydrogen-bond donors (Lipinski definition) is 1. The number of sulfone groups is 1. The van der Waals surface area contributed by atoms with Crippen molar-refractivity contribution in [2.45, 2.75) is 64.0 Å². The van der Waals surface area contributed by atoms with Gasteiger partial charge in [-0.1, -0.05) is 48.2 Å². The molecule has 2 heterocycles. The fourth-order valence-electron chi connectivity index (χ4n) is 4.63. The highest BCUT2D eigenvalue weighted by Gasteiger charge is 2.49. The van der Waals surface area contributed by atoms with Crippen LogP contribution in [-0.2, 0) is 25.8 Å². The van der Waals surface area contributed by atoms with E-state index in [4.69, 9.17) is 4.74 Å². The number of alkyl carbamates (subject to hydrolysis) is 1. The van der Waals surface area contributed by atoms with Crippen molar-refractivity contribution in [1.82, 2.24) is 5.32 Å². The summed E-state index contributed by atoms with van der Waals surface area (Å²) < 4.78 is 30.2. The maximum Gasteiger partial charge on any atom is 0.408 e. The van der Waals surface area contributed by atoms with E-state index in [-0.39, 0.29) is 29.2 Å². The Bertz CT molecular complexity index is 1300. The molecule has 2 aromatic carbocycles. The van der Waals surface area contributed by atoms with Gasteiger partial charge in [-0.25, -0.2) is 13.2 Å². The number of aryl methyl sites for hydroxylation is 2. The molecule has 0 saturated carbocycles. The zero-order valence-electron chi connectivity index (χ0n) is 21.7. The number of carbonyl (C=O) groups is 2. The monoisotopic (exact) mass is 543 g/mol. The van der Waals surface area contributed by atoms with Gasteiger partial charge in [0.15, 0.2) is 15.0 Å². The third-order valence-electron chi connectivity index (χ3n) is 6.03. The highest BCUT2D eigenvalue weighted by Crippen LogP contribution is 2.41. The molecule has 3 atom stereocenters. The van der Waals surface area contributed by atoms with Crippen LogP contribution in [0.2, 0.25) is 0 Å². The molecular formula is C27H33N3O5S2. The fourth-order valence-corrected chi connectivity index (χ4v) is 8.55. The summed E-state index contributed by atoms with van der Waals surface area (Å²) in [7, 11) is -3.18. The molecule has 4 rings (SSSR count). The topological polar surface area (TPSA) is 105 Å². The molecular weight excluding hydrogens is 510 g/mol. The van der Waals surface area contributed by atoms with Gasteiger partial charge in [-0.2, -0.15) is 4.99 Å². The molecule has 8 nitrogen and oxygen atoms in total. The summed E-state index contributed by atoms with van der Waals surface area (Å²) in [5.41, 5.74) is 3.01. The Morgan fingerprint density at radius 2 is 1.76 bits per heavy atom. The highest BCUT2D eigenvalue weighted by atomic mass is 32.2. The lowest BCUT2D eigenvalue weighted by Crippen LogP contribution is -2.45. The Balaban J connectivity index is 1.67. The number of aliphatic imine (C=N–C) groups is 1. The van der Waals surface area contributed by atoms with E-state index in [1.807, 2.05) is 67.3 Å². The predicted molar refractivity (Wildman–Crippen MR) is 148 cm³/mol. The van der Waals surface area contributed by atoms with Crippen molar-refractivity contribution in [3.05, 3.63) is 65.2 Å². The zero-order chi connectivity index (χ0) is 27.0. The van der Waals surface area contributed by atoms with Gasteiger partial charge < -0.3 is 15.0 Å². The minimum Gasteiger partial charge on any atom is -0.444 e. The number of nitrogens with one attached hydrogen (secondary N) is 1. The van der Waals surface area contributed by atoms with E-state index in [2.05, 4.69) is 10.3 Å². The lowest BCUT2D eigenvalue weighted by atomic mass is 10.1. The van der Waals surface area contributed by atoms with Crippen LogP contribution in [0.25, 0.3) is 0 Å². The summed E-state index contributed by atoms with van der Waals surface area (Å²) in [6.07, 6.45) is -0.458. The first-order valence-corrected chi connectivity index (χ1v) is 14.9. The van der Waals surface area contributed by atoms with E-state index in [1.165, 1.54) is 11.8 Å². The molecule has 0 radical (unpaired) electrons. The van der Waals surface area contributed by atoms with Gasteiger partial charge >= 0.3 is 6.09 Å². The van der Waals surface area contributed by atoms with Gasteiger partial charge in [0, 0.05) is 17.4 Å². The fraction of sp³-hybridized carbons (Fsp3) is 0.444. The van der Waals surface area contributed by atoms with Gasteiger partial charge in [-0.3, -0.25) is 4.79 Å². The maximum absolute atomic E-state index is 13.5. The molecule has 2 amide bonds. The lowest BCUT2D eigenvalue weighted by molar-refractivity contribution is -0.119. The van der Waals surface area contributed by atoms with E-state index < -0.39 is 33.5 Å². The Morgan fingerprint density at radius 1 is 1.11 bits per heavy atom. The van der Waals surface area contributed by atoms with Crippen LogP contribution in [0.1, 0.15) is 37.5 Å². The first-order valence-electron chi connectivity index (χ1n) is 12.2. The molecule has 2 aliphatic rings. The normalized spacial score (nSPS) is 22.5.